The van der Waals surface area contributed by atoms with Gasteiger partial charge in [-0.1, -0.05) is 38.6 Å². The van der Waals surface area contributed by atoms with Gasteiger partial charge in [-0.2, -0.15) is 0 Å². The Bertz CT molecular complexity index is 828. The van der Waals surface area contributed by atoms with Crippen molar-refractivity contribution in [3.05, 3.63) is 76.8 Å². The second kappa shape index (κ2) is 5.33. The van der Waals surface area contributed by atoms with Crippen molar-refractivity contribution in [3.63, 3.8) is 0 Å². The van der Waals surface area contributed by atoms with Gasteiger partial charge in [-0.25, -0.2) is 22.0 Å². The molecule has 0 bridgehead atoms. The molecule has 0 aromatic heterocycles. The highest BCUT2D eigenvalue weighted by Crippen LogP contribution is 2.47. The molecule has 0 radical (unpaired) electrons. The molecule has 0 saturated carbocycles. The van der Waals surface area contributed by atoms with E-state index in [1.165, 1.54) is 4.90 Å². The Balaban J connectivity index is 2.13. The van der Waals surface area contributed by atoms with Crippen molar-refractivity contribution in [1.29, 1.82) is 0 Å². The van der Waals surface area contributed by atoms with Gasteiger partial charge in [0.25, 0.3) is 0 Å². The molecule has 24 heavy (non-hydrogen) atoms. The molecule has 0 aliphatic carbocycles. The lowest BCUT2D eigenvalue weighted by Crippen LogP contribution is -2.26. The molecule has 3 rings (SSSR count). The summed E-state index contributed by atoms with van der Waals surface area (Å²) >= 11 is 0. The van der Waals surface area contributed by atoms with Crippen LogP contribution in [0.2, 0.25) is 0 Å². The minimum atomic E-state index is -2.16. The van der Waals surface area contributed by atoms with E-state index in [4.69, 9.17) is 0 Å². The summed E-state index contributed by atoms with van der Waals surface area (Å²) in [5, 5.41) is 0. The molecule has 0 fully saturated rings. The number of fused-ring (bicyclic) bond motifs is 1. The van der Waals surface area contributed by atoms with Crippen molar-refractivity contribution in [2.75, 3.05) is 4.90 Å². The van der Waals surface area contributed by atoms with Crippen LogP contribution in [0.4, 0.5) is 27.6 Å². The summed E-state index contributed by atoms with van der Waals surface area (Å²) in [4.78, 5) is 1.48. The number of rotatable bonds is 2. The Hall–Kier alpha value is -2.37. The third kappa shape index (κ3) is 2.12. The molecule has 126 valence electrons. The Kier molecular flexibility index (Phi) is 3.66. The first-order valence-corrected chi connectivity index (χ1v) is 7.24. The number of hydrogen-bond donors (Lipinski definition) is 0. The van der Waals surface area contributed by atoms with Crippen LogP contribution in [0, 0.1) is 29.1 Å². The van der Waals surface area contributed by atoms with E-state index < -0.39 is 46.6 Å². The maximum atomic E-state index is 14.0. The molecule has 0 amide bonds. The number of anilines is 1. The van der Waals surface area contributed by atoms with Crippen LogP contribution < -0.4 is 4.90 Å². The Morgan fingerprint density at radius 1 is 0.875 bits per heavy atom. The number of allylic oxidation sites excluding steroid dienone is 1. The fourth-order valence-corrected chi connectivity index (χ4v) is 3.00. The standard InChI is InChI=1S/C18H14F5N/c1-9-18(2,3)11-6-4-5-7-12(11)24(9)8-10-13(19)15(21)17(23)16(22)14(10)20/h4-7H,1,8H2,2-3H3. The molecule has 1 aliphatic rings. The van der Waals surface area contributed by atoms with Crippen LogP contribution in [0.25, 0.3) is 0 Å². The summed E-state index contributed by atoms with van der Waals surface area (Å²) in [7, 11) is 0. The summed E-state index contributed by atoms with van der Waals surface area (Å²) in [6.07, 6.45) is 0. The molecule has 0 saturated heterocycles. The van der Waals surface area contributed by atoms with Crippen molar-refractivity contribution in [1.82, 2.24) is 0 Å². The first kappa shape index (κ1) is 16.5. The lowest BCUT2D eigenvalue weighted by Gasteiger charge is -2.26. The Labute approximate surface area is 136 Å². The van der Waals surface area contributed by atoms with E-state index in [2.05, 4.69) is 6.58 Å². The van der Waals surface area contributed by atoms with Gasteiger partial charge in [-0.15, -0.1) is 0 Å². The Morgan fingerprint density at radius 2 is 1.38 bits per heavy atom. The van der Waals surface area contributed by atoms with Gasteiger partial charge in [-0.05, 0) is 11.6 Å². The monoisotopic (exact) mass is 339 g/mol. The summed E-state index contributed by atoms with van der Waals surface area (Å²) in [6, 6.07) is 7.12. The van der Waals surface area contributed by atoms with Crippen molar-refractivity contribution in [2.45, 2.75) is 25.8 Å². The zero-order valence-corrected chi connectivity index (χ0v) is 13.1. The molecule has 0 spiro atoms. The van der Waals surface area contributed by atoms with Gasteiger partial charge in [0, 0.05) is 22.4 Å². The molecule has 6 heteroatoms. The van der Waals surface area contributed by atoms with Gasteiger partial charge < -0.3 is 4.90 Å². The largest absolute Gasteiger partial charge is 0.340 e. The fraction of sp³-hybridized carbons (Fsp3) is 0.222. The maximum absolute atomic E-state index is 14.0. The highest BCUT2D eigenvalue weighted by atomic mass is 19.2. The maximum Gasteiger partial charge on any atom is 0.200 e. The predicted molar refractivity (Wildman–Crippen MR) is 81.0 cm³/mol. The first-order valence-electron chi connectivity index (χ1n) is 7.24. The number of halogens is 5. The van der Waals surface area contributed by atoms with Gasteiger partial charge >= 0.3 is 0 Å². The normalized spacial score (nSPS) is 15.8. The number of nitrogens with zero attached hydrogens (tertiary/aromatic N) is 1. The van der Waals surface area contributed by atoms with E-state index in [1.807, 2.05) is 26.0 Å². The van der Waals surface area contributed by atoms with Gasteiger partial charge in [0.15, 0.2) is 23.3 Å². The summed E-state index contributed by atoms with van der Waals surface area (Å²) in [5.74, 6) is -9.68. The first-order chi connectivity index (χ1) is 11.2. The van der Waals surface area contributed by atoms with Crippen molar-refractivity contribution in [3.8, 4) is 0 Å². The van der Waals surface area contributed by atoms with E-state index in [0.717, 1.165) is 5.56 Å². The highest BCUT2D eigenvalue weighted by molar-refractivity contribution is 5.69. The molecule has 2 aromatic rings. The fourth-order valence-electron chi connectivity index (χ4n) is 3.00. The second-order valence-corrected chi connectivity index (χ2v) is 6.22. The third-order valence-corrected chi connectivity index (χ3v) is 4.53. The van der Waals surface area contributed by atoms with E-state index >= 15 is 0 Å². The van der Waals surface area contributed by atoms with Crippen molar-refractivity contribution in [2.24, 2.45) is 0 Å². The summed E-state index contributed by atoms with van der Waals surface area (Å²) in [6.45, 7) is 7.21. The minimum Gasteiger partial charge on any atom is -0.340 e. The van der Waals surface area contributed by atoms with E-state index in [9.17, 15) is 22.0 Å². The molecular formula is C18H14F5N. The van der Waals surface area contributed by atoms with Crippen LogP contribution in [0.5, 0.6) is 0 Å². The Morgan fingerprint density at radius 3 is 1.96 bits per heavy atom. The number of hydrogen-bond acceptors (Lipinski definition) is 1. The summed E-state index contributed by atoms with van der Waals surface area (Å²) in [5.41, 5.74) is 0.642. The average molecular weight is 339 g/mol. The lowest BCUT2D eigenvalue weighted by molar-refractivity contribution is 0.369. The SMILES string of the molecule is C=C1N(Cc2c(F)c(F)c(F)c(F)c2F)c2ccccc2C1(C)C. The topological polar surface area (TPSA) is 3.24 Å². The van der Waals surface area contributed by atoms with Crippen molar-refractivity contribution < 1.29 is 22.0 Å². The van der Waals surface area contributed by atoms with E-state index in [1.54, 1.807) is 12.1 Å². The van der Waals surface area contributed by atoms with Crippen LogP contribution in [-0.4, -0.2) is 0 Å². The highest BCUT2D eigenvalue weighted by Gasteiger charge is 2.39. The van der Waals surface area contributed by atoms with Gasteiger partial charge in [0.1, 0.15) is 0 Å². The van der Waals surface area contributed by atoms with E-state index in [-0.39, 0.29) is 0 Å². The zero-order chi connectivity index (χ0) is 17.8. The van der Waals surface area contributed by atoms with Crippen LogP contribution in [0.1, 0.15) is 25.0 Å². The quantitative estimate of drug-likeness (QED) is 0.413. The molecule has 0 atom stereocenters. The van der Waals surface area contributed by atoms with Gasteiger partial charge in [0.2, 0.25) is 5.82 Å². The van der Waals surface area contributed by atoms with Crippen molar-refractivity contribution >= 4 is 5.69 Å². The average Bonchev–Trinajstić information content (AvgIpc) is 2.76. The van der Waals surface area contributed by atoms with E-state index in [0.29, 0.717) is 11.4 Å². The second-order valence-electron chi connectivity index (χ2n) is 6.22. The van der Waals surface area contributed by atoms with Crippen LogP contribution in [0.15, 0.2) is 36.5 Å². The zero-order valence-electron chi connectivity index (χ0n) is 13.1. The van der Waals surface area contributed by atoms with Crippen LogP contribution in [-0.2, 0) is 12.0 Å². The van der Waals surface area contributed by atoms with Gasteiger partial charge in [-0.3, -0.25) is 0 Å². The smallest absolute Gasteiger partial charge is 0.200 e. The molecule has 0 unspecified atom stereocenters. The summed E-state index contributed by atoms with van der Waals surface area (Å²) < 4.78 is 68.0. The molecule has 0 N–H and O–H groups in total. The molecule has 1 nitrogen and oxygen atoms in total. The third-order valence-electron chi connectivity index (χ3n) is 4.53. The van der Waals surface area contributed by atoms with Crippen LogP contribution >= 0.6 is 0 Å². The minimum absolute atomic E-state index is 0.495. The van der Waals surface area contributed by atoms with Crippen LogP contribution in [0.3, 0.4) is 0 Å². The molecular weight excluding hydrogens is 325 g/mol. The molecule has 1 aliphatic heterocycles. The number of benzene rings is 2. The lowest BCUT2D eigenvalue weighted by atomic mass is 9.84. The number of para-hydroxylation sites is 1. The molecule has 2 aromatic carbocycles. The van der Waals surface area contributed by atoms with Gasteiger partial charge in [0.05, 0.1) is 6.54 Å². The molecule has 1 heterocycles. The predicted octanol–water partition coefficient (Wildman–Crippen LogP) is 5.19.